The zero-order chi connectivity index (χ0) is 9.19. The number of hydrogen-bond acceptors (Lipinski definition) is 4. The van der Waals surface area contributed by atoms with Crippen LogP contribution >= 0.6 is 0 Å². The summed E-state index contributed by atoms with van der Waals surface area (Å²) in [4.78, 5) is 24.2. The highest BCUT2D eigenvalue weighted by molar-refractivity contribution is 5.68. The Balaban J connectivity index is 2.30. The van der Waals surface area contributed by atoms with Gasteiger partial charge in [-0.15, -0.1) is 10.1 Å². The van der Waals surface area contributed by atoms with Crippen LogP contribution in [-0.4, -0.2) is 22.8 Å². The summed E-state index contributed by atoms with van der Waals surface area (Å²) in [6.07, 6.45) is 1.36. The number of carbonyl (C=O) groups is 1. The Morgan fingerprint density at radius 3 is 2.58 bits per heavy atom. The molecule has 0 aromatic heterocycles. The minimum atomic E-state index is -0.931. The molecule has 0 aromatic rings. The first-order valence-corrected chi connectivity index (χ1v) is 3.53. The van der Waals surface area contributed by atoms with Crippen molar-refractivity contribution in [3.05, 3.63) is 10.1 Å². The van der Waals surface area contributed by atoms with E-state index in [9.17, 15) is 14.9 Å². The molecule has 68 valence electrons. The number of hydrogen-bond donors (Lipinski definition) is 1. The van der Waals surface area contributed by atoms with Gasteiger partial charge in [-0.25, -0.2) is 0 Å². The molecule has 1 fully saturated rings. The summed E-state index contributed by atoms with van der Waals surface area (Å²) in [6.45, 7) is -0.0910. The summed E-state index contributed by atoms with van der Waals surface area (Å²) >= 11 is 0. The summed E-state index contributed by atoms with van der Waals surface area (Å²) in [7, 11) is 0. The van der Waals surface area contributed by atoms with E-state index in [0.29, 0.717) is 12.8 Å². The second kappa shape index (κ2) is 2.96. The fraction of sp³-hybridized carbons (Fsp3) is 0.833. The molecule has 0 bridgehead atoms. The minimum absolute atomic E-state index is 0.0408. The predicted octanol–water partition coefficient (Wildman–Crippen LogP) is 0.450. The molecule has 0 aromatic carbocycles. The standard InChI is InChI=1S/C6H9NO5/c8-5(9)3-6(1-2-6)4-12-7(10)11/h1-4H2,(H,8,9). The molecule has 0 aliphatic heterocycles. The number of rotatable bonds is 5. The van der Waals surface area contributed by atoms with E-state index in [2.05, 4.69) is 4.84 Å². The van der Waals surface area contributed by atoms with E-state index in [1.165, 1.54) is 0 Å². The fourth-order valence-electron chi connectivity index (χ4n) is 1.06. The Hall–Kier alpha value is -1.33. The monoisotopic (exact) mass is 175 g/mol. The van der Waals surface area contributed by atoms with Crippen LogP contribution in [0.5, 0.6) is 0 Å². The van der Waals surface area contributed by atoms with Crippen molar-refractivity contribution in [1.82, 2.24) is 0 Å². The molecule has 0 radical (unpaired) electrons. The molecule has 1 aliphatic rings. The second-order valence-corrected chi connectivity index (χ2v) is 3.07. The summed E-state index contributed by atoms with van der Waals surface area (Å²) in [5.74, 6) is -0.931. The summed E-state index contributed by atoms with van der Waals surface area (Å²) in [6, 6.07) is 0. The van der Waals surface area contributed by atoms with Gasteiger partial charge in [0.25, 0.3) is 5.09 Å². The first kappa shape index (κ1) is 8.76. The topological polar surface area (TPSA) is 89.7 Å². The number of carboxylic acid groups (broad SMARTS) is 1. The minimum Gasteiger partial charge on any atom is -0.481 e. The van der Waals surface area contributed by atoms with Crippen LogP contribution in [0.2, 0.25) is 0 Å². The Labute approximate surface area is 68.2 Å². The fourth-order valence-corrected chi connectivity index (χ4v) is 1.06. The van der Waals surface area contributed by atoms with Gasteiger partial charge in [-0.2, -0.15) is 0 Å². The average molecular weight is 175 g/mol. The first-order valence-electron chi connectivity index (χ1n) is 3.53. The summed E-state index contributed by atoms with van der Waals surface area (Å²) < 4.78 is 0. The van der Waals surface area contributed by atoms with Gasteiger partial charge in [0.1, 0.15) is 6.61 Å². The van der Waals surface area contributed by atoms with Crippen LogP contribution in [0.1, 0.15) is 19.3 Å². The van der Waals surface area contributed by atoms with Crippen molar-refractivity contribution in [2.75, 3.05) is 6.61 Å². The zero-order valence-corrected chi connectivity index (χ0v) is 6.36. The summed E-state index contributed by atoms with van der Waals surface area (Å²) in [5, 5.41) is 17.3. The van der Waals surface area contributed by atoms with E-state index in [1.807, 2.05) is 0 Å². The molecule has 0 saturated heterocycles. The lowest BCUT2D eigenvalue weighted by molar-refractivity contribution is -0.759. The maximum Gasteiger partial charge on any atom is 0.303 e. The van der Waals surface area contributed by atoms with Gasteiger partial charge in [0.2, 0.25) is 0 Å². The maximum atomic E-state index is 10.3. The quantitative estimate of drug-likeness (QED) is 0.484. The van der Waals surface area contributed by atoms with Crippen LogP contribution < -0.4 is 0 Å². The van der Waals surface area contributed by atoms with E-state index in [0.717, 1.165) is 0 Å². The van der Waals surface area contributed by atoms with Gasteiger partial charge >= 0.3 is 5.97 Å². The lowest BCUT2D eigenvalue weighted by Gasteiger charge is -2.09. The van der Waals surface area contributed by atoms with Crippen LogP contribution in [0.15, 0.2) is 0 Å². The molecule has 6 nitrogen and oxygen atoms in total. The van der Waals surface area contributed by atoms with Gasteiger partial charge in [-0.05, 0) is 12.8 Å². The SMILES string of the molecule is O=C(O)CC1(CO[N+](=O)[O-])CC1. The highest BCUT2D eigenvalue weighted by atomic mass is 16.9. The number of nitrogens with zero attached hydrogens (tertiary/aromatic N) is 1. The van der Waals surface area contributed by atoms with Crippen LogP contribution in [0.25, 0.3) is 0 Å². The van der Waals surface area contributed by atoms with Crippen molar-refractivity contribution < 1.29 is 19.8 Å². The van der Waals surface area contributed by atoms with Gasteiger partial charge in [0.15, 0.2) is 0 Å². The van der Waals surface area contributed by atoms with Crippen LogP contribution in [0.4, 0.5) is 0 Å². The molecular weight excluding hydrogens is 166 g/mol. The molecule has 0 unspecified atom stereocenters. The van der Waals surface area contributed by atoms with Crippen molar-refractivity contribution in [2.45, 2.75) is 19.3 Å². The molecule has 1 rings (SSSR count). The molecule has 12 heavy (non-hydrogen) atoms. The smallest absolute Gasteiger partial charge is 0.303 e. The third-order valence-electron chi connectivity index (χ3n) is 1.96. The Morgan fingerprint density at radius 2 is 2.25 bits per heavy atom. The van der Waals surface area contributed by atoms with Gasteiger partial charge in [-0.3, -0.25) is 4.79 Å². The van der Waals surface area contributed by atoms with E-state index in [1.54, 1.807) is 0 Å². The van der Waals surface area contributed by atoms with Gasteiger partial charge in [0.05, 0.1) is 6.42 Å². The largest absolute Gasteiger partial charge is 0.481 e. The molecule has 1 saturated carbocycles. The molecule has 1 N–H and O–H groups in total. The molecule has 0 heterocycles. The van der Waals surface area contributed by atoms with Gasteiger partial charge in [0, 0.05) is 5.41 Å². The Kier molecular flexibility index (Phi) is 2.16. The average Bonchev–Trinajstić information content (AvgIpc) is 2.64. The summed E-state index contributed by atoms with van der Waals surface area (Å²) in [5.41, 5.74) is -0.459. The Morgan fingerprint density at radius 1 is 1.67 bits per heavy atom. The lowest BCUT2D eigenvalue weighted by Crippen LogP contribution is -2.17. The molecule has 1 aliphatic carbocycles. The second-order valence-electron chi connectivity index (χ2n) is 3.07. The normalized spacial score (nSPS) is 18.3. The molecule has 6 heteroatoms. The molecule has 0 spiro atoms. The van der Waals surface area contributed by atoms with E-state index in [4.69, 9.17) is 5.11 Å². The highest BCUT2D eigenvalue weighted by Gasteiger charge is 2.45. The Bertz CT molecular complexity index is 210. The van der Waals surface area contributed by atoms with Crippen molar-refractivity contribution >= 4 is 5.97 Å². The van der Waals surface area contributed by atoms with E-state index in [-0.39, 0.29) is 13.0 Å². The molecule has 0 atom stereocenters. The van der Waals surface area contributed by atoms with E-state index >= 15 is 0 Å². The first-order chi connectivity index (χ1) is 5.54. The van der Waals surface area contributed by atoms with Crippen molar-refractivity contribution in [3.63, 3.8) is 0 Å². The van der Waals surface area contributed by atoms with Crippen molar-refractivity contribution in [3.8, 4) is 0 Å². The maximum absolute atomic E-state index is 10.3. The molecular formula is C6H9NO5. The van der Waals surface area contributed by atoms with Crippen LogP contribution in [-0.2, 0) is 9.63 Å². The van der Waals surface area contributed by atoms with Crippen molar-refractivity contribution in [2.24, 2.45) is 5.41 Å². The van der Waals surface area contributed by atoms with Gasteiger partial charge < -0.3 is 9.94 Å². The van der Waals surface area contributed by atoms with E-state index < -0.39 is 16.5 Å². The third kappa shape index (κ3) is 2.37. The number of aliphatic carboxylic acids is 1. The van der Waals surface area contributed by atoms with Crippen LogP contribution in [0, 0.1) is 15.5 Å². The van der Waals surface area contributed by atoms with Gasteiger partial charge in [-0.1, -0.05) is 0 Å². The molecule has 0 amide bonds. The van der Waals surface area contributed by atoms with Crippen molar-refractivity contribution in [1.29, 1.82) is 0 Å². The third-order valence-corrected chi connectivity index (χ3v) is 1.96. The zero-order valence-electron chi connectivity index (χ0n) is 6.36. The van der Waals surface area contributed by atoms with Crippen LogP contribution in [0.3, 0.4) is 0 Å². The lowest BCUT2D eigenvalue weighted by atomic mass is 10.1. The number of carboxylic acids is 1. The highest BCUT2D eigenvalue weighted by Crippen LogP contribution is 2.48. The predicted molar refractivity (Wildman–Crippen MR) is 36.9 cm³/mol.